The lowest BCUT2D eigenvalue weighted by Gasteiger charge is -2.42. The van der Waals surface area contributed by atoms with Gasteiger partial charge in [-0.05, 0) is 105 Å². The summed E-state index contributed by atoms with van der Waals surface area (Å²) in [6.45, 7) is 7.58. The minimum Gasteiger partial charge on any atom is -0.206 e. The van der Waals surface area contributed by atoms with Crippen molar-refractivity contribution in [3.63, 3.8) is 0 Å². The molecule has 2 heteroatoms. The van der Waals surface area contributed by atoms with E-state index in [9.17, 15) is 4.39 Å². The Kier molecular flexibility index (Phi) is 7.60. The van der Waals surface area contributed by atoms with Crippen molar-refractivity contribution in [2.45, 2.75) is 70.1 Å². The van der Waals surface area contributed by atoms with Gasteiger partial charge in [0, 0.05) is 11.1 Å². The molecule has 0 N–H and O–H groups in total. The number of halogens is 2. The van der Waals surface area contributed by atoms with Crippen LogP contribution in [0.15, 0.2) is 61.7 Å². The third-order valence-corrected chi connectivity index (χ3v) is 7.93. The molecule has 0 amide bonds. The molecule has 2 aromatic rings. The quantitative estimate of drug-likeness (QED) is 0.364. The van der Waals surface area contributed by atoms with E-state index in [-0.39, 0.29) is 11.6 Å². The maximum absolute atomic E-state index is 15.1. The molecular weight excluding hydrogens is 398 g/mol. The Balaban J connectivity index is 1.43. The van der Waals surface area contributed by atoms with Gasteiger partial charge in [-0.25, -0.2) is 8.78 Å². The predicted molar refractivity (Wildman–Crippen MR) is 131 cm³/mol. The minimum atomic E-state index is -0.355. The Hall–Kier alpha value is -2.22. The zero-order chi connectivity index (χ0) is 22.5. The Bertz CT molecular complexity index is 944. The topological polar surface area (TPSA) is 0 Å². The summed E-state index contributed by atoms with van der Waals surface area (Å²) in [5, 5.41) is 0. The van der Waals surface area contributed by atoms with Crippen LogP contribution in [0.25, 0.3) is 11.1 Å². The summed E-state index contributed by atoms with van der Waals surface area (Å²) < 4.78 is 29.8. The molecule has 0 aliphatic heterocycles. The van der Waals surface area contributed by atoms with Crippen LogP contribution >= 0.6 is 0 Å². The monoisotopic (exact) mass is 434 g/mol. The third-order valence-electron chi connectivity index (χ3n) is 7.93. The fraction of sp³-hybridized carbons (Fsp3) is 0.467. The van der Waals surface area contributed by atoms with Gasteiger partial charge in [-0.15, -0.1) is 13.2 Å². The Morgan fingerprint density at radius 2 is 1.47 bits per heavy atom. The van der Waals surface area contributed by atoms with Crippen LogP contribution in [0.4, 0.5) is 8.78 Å². The second-order valence-corrected chi connectivity index (χ2v) is 9.96. The van der Waals surface area contributed by atoms with E-state index >= 15 is 4.39 Å². The summed E-state index contributed by atoms with van der Waals surface area (Å²) in [5.74, 6) is 2.24. The number of rotatable bonds is 8. The van der Waals surface area contributed by atoms with Gasteiger partial charge in [0.2, 0.25) is 0 Å². The number of aryl methyl sites for hydroxylation is 1. The average molecular weight is 435 g/mol. The van der Waals surface area contributed by atoms with E-state index in [1.165, 1.54) is 44.6 Å². The molecule has 4 atom stereocenters. The van der Waals surface area contributed by atoms with Gasteiger partial charge in [0.25, 0.3) is 0 Å². The highest BCUT2D eigenvalue weighted by Crippen LogP contribution is 2.48. The van der Waals surface area contributed by atoms with Crippen molar-refractivity contribution in [1.82, 2.24) is 0 Å². The van der Waals surface area contributed by atoms with Crippen molar-refractivity contribution in [3.8, 4) is 11.1 Å². The predicted octanol–water partition coefficient (Wildman–Crippen LogP) is 9.02. The van der Waals surface area contributed by atoms with Crippen LogP contribution in [0.2, 0.25) is 0 Å². The van der Waals surface area contributed by atoms with E-state index in [4.69, 9.17) is 0 Å². The van der Waals surface area contributed by atoms with Gasteiger partial charge in [-0.2, -0.15) is 0 Å². The standard InChI is InChI=1S/C30H36F2/c1-3-5-7-21-9-11-24-19-25(13-12-23(24)17-21)26-14-16-28(30(32)20-26)27-15-10-22(8-6-4-2)18-29(27)31/h3-4,10,14-16,18,20-21,23-25H,1-2,5-9,11-13,17,19H2. The highest BCUT2D eigenvalue weighted by Gasteiger charge is 2.35. The molecule has 2 fully saturated rings. The molecule has 170 valence electrons. The van der Waals surface area contributed by atoms with Crippen LogP contribution in [0.1, 0.15) is 74.8 Å². The van der Waals surface area contributed by atoms with E-state index in [2.05, 4.69) is 13.2 Å². The molecule has 2 aliphatic carbocycles. The number of fused-ring (bicyclic) bond motifs is 1. The Morgan fingerprint density at radius 3 is 2.19 bits per heavy atom. The van der Waals surface area contributed by atoms with Crippen molar-refractivity contribution in [1.29, 1.82) is 0 Å². The molecule has 0 bridgehead atoms. The fourth-order valence-corrected chi connectivity index (χ4v) is 6.11. The molecule has 2 aromatic carbocycles. The summed E-state index contributed by atoms with van der Waals surface area (Å²) in [4.78, 5) is 0. The summed E-state index contributed by atoms with van der Waals surface area (Å²) in [6.07, 6.45) is 15.4. The molecule has 2 saturated carbocycles. The van der Waals surface area contributed by atoms with Crippen LogP contribution < -0.4 is 0 Å². The Morgan fingerprint density at radius 1 is 0.781 bits per heavy atom. The van der Waals surface area contributed by atoms with Gasteiger partial charge in [0.05, 0.1) is 0 Å². The van der Waals surface area contributed by atoms with Gasteiger partial charge >= 0.3 is 0 Å². The van der Waals surface area contributed by atoms with Gasteiger partial charge in [-0.3, -0.25) is 0 Å². The van der Waals surface area contributed by atoms with Crippen molar-refractivity contribution < 1.29 is 8.78 Å². The lowest BCUT2D eigenvalue weighted by atomic mass is 9.63. The first-order valence-electron chi connectivity index (χ1n) is 12.4. The molecule has 0 saturated heterocycles. The fourth-order valence-electron chi connectivity index (χ4n) is 6.11. The summed E-state index contributed by atoms with van der Waals surface area (Å²) in [6, 6.07) is 10.6. The van der Waals surface area contributed by atoms with Gasteiger partial charge in [-0.1, -0.05) is 42.8 Å². The second-order valence-electron chi connectivity index (χ2n) is 9.96. The number of hydrogen-bond donors (Lipinski definition) is 0. The molecular formula is C30H36F2. The van der Waals surface area contributed by atoms with Crippen molar-refractivity contribution >= 4 is 0 Å². The molecule has 4 unspecified atom stereocenters. The first-order chi connectivity index (χ1) is 15.6. The zero-order valence-electron chi connectivity index (χ0n) is 19.2. The maximum atomic E-state index is 15.1. The van der Waals surface area contributed by atoms with Gasteiger partial charge < -0.3 is 0 Å². The van der Waals surface area contributed by atoms with Crippen LogP contribution in [0, 0.1) is 29.4 Å². The summed E-state index contributed by atoms with van der Waals surface area (Å²) >= 11 is 0. The van der Waals surface area contributed by atoms with Gasteiger partial charge in [0.1, 0.15) is 11.6 Å². The smallest absolute Gasteiger partial charge is 0.131 e. The van der Waals surface area contributed by atoms with Crippen molar-refractivity contribution in [2.24, 2.45) is 17.8 Å². The normalized spacial score (nSPS) is 25.2. The summed E-state index contributed by atoms with van der Waals surface area (Å²) in [7, 11) is 0. The minimum absolute atomic E-state index is 0.310. The van der Waals surface area contributed by atoms with E-state index in [1.54, 1.807) is 18.2 Å². The van der Waals surface area contributed by atoms with E-state index in [0.29, 0.717) is 17.0 Å². The van der Waals surface area contributed by atoms with E-state index in [0.717, 1.165) is 54.6 Å². The maximum Gasteiger partial charge on any atom is 0.131 e. The molecule has 0 spiro atoms. The Labute approximate surface area is 192 Å². The first-order valence-corrected chi connectivity index (χ1v) is 12.4. The highest BCUT2D eigenvalue weighted by atomic mass is 19.1. The largest absolute Gasteiger partial charge is 0.206 e. The van der Waals surface area contributed by atoms with E-state index in [1.807, 2.05) is 24.3 Å². The molecule has 0 heterocycles. The second kappa shape index (κ2) is 10.6. The van der Waals surface area contributed by atoms with Crippen LogP contribution in [-0.4, -0.2) is 0 Å². The van der Waals surface area contributed by atoms with Crippen LogP contribution in [0.3, 0.4) is 0 Å². The van der Waals surface area contributed by atoms with Crippen molar-refractivity contribution in [2.75, 3.05) is 0 Å². The third kappa shape index (κ3) is 5.22. The number of benzene rings is 2. The van der Waals surface area contributed by atoms with Gasteiger partial charge in [0.15, 0.2) is 0 Å². The number of allylic oxidation sites excluding steroid dienone is 2. The van der Waals surface area contributed by atoms with Crippen LogP contribution in [-0.2, 0) is 6.42 Å². The lowest BCUT2D eigenvalue weighted by molar-refractivity contribution is 0.115. The molecule has 0 aromatic heterocycles. The highest BCUT2D eigenvalue weighted by molar-refractivity contribution is 5.65. The lowest BCUT2D eigenvalue weighted by Crippen LogP contribution is -2.30. The van der Waals surface area contributed by atoms with Crippen LogP contribution in [0.5, 0.6) is 0 Å². The number of hydrogen-bond acceptors (Lipinski definition) is 0. The molecule has 32 heavy (non-hydrogen) atoms. The van der Waals surface area contributed by atoms with E-state index < -0.39 is 0 Å². The zero-order valence-corrected chi connectivity index (χ0v) is 19.2. The average Bonchev–Trinajstić information content (AvgIpc) is 2.81. The summed E-state index contributed by atoms with van der Waals surface area (Å²) in [5.41, 5.74) is 2.71. The SMILES string of the molecule is C=CCCc1ccc(-c2ccc(C3CCC4CC(CCC=C)CCC4C3)cc2F)c(F)c1. The molecule has 0 nitrogen and oxygen atoms in total. The molecule has 0 radical (unpaired) electrons. The molecule has 4 rings (SSSR count). The molecule has 2 aliphatic rings. The van der Waals surface area contributed by atoms with Crippen molar-refractivity contribution in [3.05, 3.63) is 84.5 Å². The first kappa shape index (κ1) is 23.0.